The van der Waals surface area contributed by atoms with E-state index in [1.807, 2.05) is 32.1 Å². The molecule has 1 unspecified atom stereocenters. The third kappa shape index (κ3) is 1.80. The van der Waals surface area contributed by atoms with Crippen LogP contribution in [0.15, 0.2) is 18.2 Å². The Labute approximate surface area is 101 Å². The highest BCUT2D eigenvalue weighted by Gasteiger charge is 2.27. The number of rotatable bonds is 0. The van der Waals surface area contributed by atoms with Crippen molar-refractivity contribution in [3.8, 4) is 11.5 Å². The van der Waals surface area contributed by atoms with Crippen molar-refractivity contribution < 1.29 is 14.6 Å². The second kappa shape index (κ2) is 3.50. The number of hydrogen-bond donors (Lipinski definition) is 1. The second-order valence-electron chi connectivity index (χ2n) is 5.17. The van der Waals surface area contributed by atoms with Crippen LogP contribution in [0.4, 0.5) is 0 Å². The molecule has 90 valence electrons. The first-order valence-electron chi connectivity index (χ1n) is 5.90. The van der Waals surface area contributed by atoms with Gasteiger partial charge in [-0.2, -0.15) is 0 Å². The van der Waals surface area contributed by atoms with Crippen LogP contribution in [0, 0.1) is 0 Å². The van der Waals surface area contributed by atoms with E-state index in [2.05, 4.69) is 6.08 Å². The van der Waals surface area contributed by atoms with Crippen molar-refractivity contribution in [3.63, 3.8) is 0 Å². The third-order valence-corrected chi connectivity index (χ3v) is 3.14. The van der Waals surface area contributed by atoms with Crippen molar-refractivity contribution in [2.75, 3.05) is 6.61 Å². The quantitative estimate of drug-likeness (QED) is 0.745. The fraction of sp³-hybridized carbons (Fsp3) is 0.429. The van der Waals surface area contributed by atoms with Crippen molar-refractivity contribution in [2.45, 2.75) is 32.0 Å². The maximum Gasteiger partial charge on any atom is 0.133 e. The first-order chi connectivity index (χ1) is 8.05. The van der Waals surface area contributed by atoms with Crippen molar-refractivity contribution in [3.05, 3.63) is 29.3 Å². The molecule has 2 heterocycles. The van der Waals surface area contributed by atoms with Crippen LogP contribution >= 0.6 is 0 Å². The van der Waals surface area contributed by atoms with Gasteiger partial charge in [0.25, 0.3) is 0 Å². The van der Waals surface area contributed by atoms with E-state index in [1.165, 1.54) is 0 Å². The van der Waals surface area contributed by atoms with Crippen molar-refractivity contribution in [1.82, 2.24) is 0 Å². The molecule has 0 fully saturated rings. The Morgan fingerprint density at radius 3 is 3.00 bits per heavy atom. The normalized spacial score (nSPS) is 24.3. The van der Waals surface area contributed by atoms with Crippen LogP contribution in [0.1, 0.15) is 25.0 Å². The predicted molar refractivity (Wildman–Crippen MR) is 65.4 cm³/mol. The van der Waals surface area contributed by atoms with Gasteiger partial charge in [-0.15, -0.1) is 0 Å². The molecule has 0 aliphatic carbocycles. The molecule has 2 aliphatic heterocycles. The van der Waals surface area contributed by atoms with Gasteiger partial charge in [0.2, 0.25) is 0 Å². The lowest BCUT2D eigenvalue weighted by molar-refractivity contribution is 0.0906. The summed E-state index contributed by atoms with van der Waals surface area (Å²) in [4.78, 5) is 0. The molecule has 3 nitrogen and oxygen atoms in total. The van der Waals surface area contributed by atoms with Gasteiger partial charge in [-0.3, -0.25) is 0 Å². The lowest BCUT2D eigenvalue weighted by Gasteiger charge is -2.31. The van der Waals surface area contributed by atoms with Crippen LogP contribution in [0.5, 0.6) is 11.5 Å². The maximum atomic E-state index is 9.57. The van der Waals surface area contributed by atoms with Gasteiger partial charge in [0.05, 0.1) is 11.7 Å². The summed E-state index contributed by atoms with van der Waals surface area (Å²) in [6, 6.07) is 3.94. The Hall–Kier alpha value is -1.48. The van der Waals surface area contributed by atoms with E-state index >= 15 is 0 Å². The SMILES string of the molecule is CC1(C)C=Cc2c(ccc3c2OCC(O)C3)O1. The van der Waals surface area contributed by atoms with Crippen molar-refractivity contribution in [2.24, 2.45) is 0 Å². The molecular formula is C14H16O3. The van der Waals surface area contributed by atoms with E-state index in [0.29, 0.717) is 13.0 Å². The molecule has 3 heteroatoms. The summed E-state index contributed by atoms with van der Waals surface area (Å²) in [6.45, 7) is 4.41. The lowest BCUT2D eigenvalue weighted by atomic mass is 9.96. The number of benzene rings is 1. The molecule has 3 rings (SSSR count). The van der Waals surface area contributed by atoms with Crippen LogP contribution < -0.4 is 9.47 Å². The van der Waals surface area contributed by atoms with Gasteiger partial charge in [0, 0.05) is 6.42 Å². The molecule has 0 bridgehead atoms. The monoisotopic (exact) mass is 232 g/mol. The molecule has 0 aromatic heterocycles. The Balaban J connectivity index is 2.08. The zero-order chi connectivity index (χ0) is 12.0. The first-order valence-corrected chi connectivity index (χ1v) is 5.90. The van der Waals surface area contributed by atoms with Gasteiger partial charge in [0.15, 0.2) is 0 Å². The molecule has 17 heavy (non-hydrogen) atoms. The predicted octanol–water partition coefficient (Wildman–Crippen LogP) is 2.17. The number of aliphatic hydroxyl groups excluding tert-OH is 1. The standard InChI is InChI=1S/C14H16O3/c1-14(2)6-5-11-12(17-14)4-3-9-7-10(15)8-16-13(9)11/h3-6,10,15H,7-8H2,1-2H3. The third-order valence-electron chi connectivity index (χ3n) is 3.14. The average molecular weight is 232 g/mol. The summed E-state index contributed by atoms with van der Waals surface area (Å²) < 4.78 is 11.5. The summed E-state index contributed by atoms with van der Waals surface area (Å²) in [5.74, 6) is 1.71. The molecule has 0 radical (unpaired) electrons. The molecule has 0 saturated heterocycles. The minimum atomic E-state index is -0.398. The summed E-state index contributed by atoms with van der Waals surface area (Å²) in [7, 11) is 0. The average Bonchev–Trinajstić information content (AvgIpc) is 2.27. The summed E-state index contributed by atoms with van der Waals surface area (Å²) >= 11 is 0. The van der Waals surface area contributed by atoms with Crippen LogP contribution in [-0.4, -0.2) is 23.4 Å². The Morgan fingerprint density at radius 1 is 1.35 bits per heavy atom. The Morgan fingerprint density at radius 2 is 2.18 bits per heavy atom. The minimum Gasteiger partial charge on any atom is -0.490 e. The molecule has 0 amide bonds. The van der Waals surface area contributed by atoms with Crippen LogP contribution in [0.3, 0.4) is 0 Å². The van der Waals surface area contributed by atoms with Crippen LogP contribution in [-0.2, 0) is 6.42 Å². The molecule has 2 aliphatic rings. The van der Waals surface area contributed by atoms with Gasteiger partial charge >= 0.3 is 0 Å². The highest BCUT2D eigenvalue weighted by molar-refractivity contribution is 5.69. The minimum absolute atomic E-state index is 0.268. The maximum absolute atomic E-state index is 9.57. The van der Waals surface area contributed by atoms with Gasteiger partial charge in [-0.1, -0.05) is 6.07 Å². The second-order valence-corrected chi connectivity index (χ2v) is 5.17. The molecule has 0 saturated carbocycles. The van der Waals surface area contributed by atoms with Crippen LogP contribution in [0.25, 0.3) is 6.08 Å². The summed E-state index contributed by atoms with van der Waals surface area (Å²) in [6.07, 6.45) is 4.34. The number of ether oxygens (including phenoxy) is 2. The molecular weight excluding hydrogens is 216 g/mol. The first kappa shape index (κ1) is 10.7. The van der Waals surface area contributed by atoms with E-state index in [0.717, 1.165) is 22.6 Å². The highest BCUT2D eigenvalue weighted by atomic mass is 16.5. The van der Waals surface area contributed by atoms with Crippen molar-refractivity contribution in [1.29, 1.82) is 0 Å². The van der Waals surface area contributed by atoms with E-state index in [4.69, 9.17) is 9.47 Å². The summed E-state index contributed by atoms with van der Waals surface area (Å²) in [5.41, 5.74) is 1.78. The highest BCUT2D eigenvalue weighted by Crippen LogP contribution is 2.40. The van der Waals surface area contributed by atoms with Gasteiger partial charge in [-0.05, 0) is 37.6 Å². The topological polar surface area (TPSA) is 38.7 Å². The van der Waals surface area contributed by atoms with E-state index in [-0.39, 0.29) is 5.60 Å². The van der Waals surface area contributed by atoms with Gasteiger partial charge < -0.3 is 14.6 Å². The molecule has 0 spiro atoms. The number of fused-ring (bicyclic) bond motifs is 3. The molecule has 1 N–H and O–H groups in total. The van der Waals surface area contributed by atoms with Gasteiger partial charge in [0.1, 0.15) is 23.7 Å². The number of hydrogen-bond acceptors (Lipinski definition) is 3. The van der Waals surface area contributed by atoms with Gasteiger partial charge in [-0.25, -0.2) is 0 Å². The van der Waals surface area contributed by atoms with E-state index in [9.17, 15) is 5.11 Å². The molecule has 1 aromatic carbocycles. The Bertz CT molecular complexity index is 488. The zero-order valence-corrected chi connectivity index (χ0v) is 10.1. The Kier molecular flexibility index (Phi) is 2.20. The number of aliphatic hydroxyl groups is 1. The van der Waals surface area contributed by atoms with Crippen molar-refractivity contribution >= 4 is 6.08 Å². The lowest BCUT2D eigenvalue weighted by Crippen LogP contribution is -2.29. The zero-order valence-electron chi connectivity index (χ0n) is 10.1. The smallest absolute Gasteiger partial charge is 0.133 e. The fourth-order valence-corrected chi connectivity index (χ4v) is 2.30. The largest absolute Gasteiger partial charge is 0.490 e. The van der Waals surface area contributed by atoms with Crippen LogP contribution in [0.2, 0.25) is 0 Å². The summed E-state index contributed by atoms with van der Waals surface area (Å²) in [5, 5.41) is 9.57. The fourth-order valence-electron chi connectivity index (χ4n) is 2.30. The molecule has 1 aromatic rings. The molecule has 1 atom stereocenters. The van der Waals surface area contributed by atoms with E-state index in [1.54, 1.807) is 0 Å². The van der Waals surface area contributed by atoms with E-state index < -0.39 is 6.10 Å².